The second-order valence-corrected chi connectivity index (χ2v) is 12.4. The van der Waals surface area contributed by atoms with Gasteiger partial charge in [-0.25, -0.2) is 0 Å². The molecule has 4 nitrogen and oxygen atoms in total. The number of carbonyl (C=O) groups is 3. The Kier molecular flexibility index (Phi) is 5.42. The standard InChI is InChI=1S/C31H25BrClNO3/c1-30(2,3)29(37)26-25(17-8-11-19(32)12-9-17)31(27(35)21-6-4-5-7-22(21)28(31)36)24-15-10-18-16-20(33)13-14-23(18)34(24)26/h4-16,24-26H,1-3H3/t24-,25-,26-/m1/s1. The van der Waals surface area contributed by atoms with Crippen molar-refractivity contribution in [1.82, 2.24) is 0 Å². The minimum Gasteiger partial charge on any atom is -0.352 e. The lowest BCUT2D eigenvalue weighted by molar-refractivity contribution is -0.127. The van der Waals surface area contributed by atoms with Crippen LogP contribution in [0.5, 0.6) is 0 Å². The number of fused-ring (bicyclic) bond motifs is 5. The third-order valence-electron chi connectivity index (χ3n) is 8.00. The molecule has 37 heavy (non-hydrogen) atoms. The SMILES string of the molecule is CC(C)(C)C(=O)[C@H]1[C@@H](c2ccc(Br)cc2)C2(C(=O)c3ccccc3C2=O)[C@H]2C=Cc3cc(Cl)ccc3N12. The lowest BCUT2D eigenvalue weighted by Crippen LogP contribution is -2.49. The molecule has 0 unspecified atom stereocenters. The lowest BCUT2D eigenvalue weighted by atomic mass is 9.63. The molecular formula is C31H25BrClNO3. The summed E-state index contributed by atoms with van der Waals surface area (Å²) in [6, 6.07) is 18.9. The van der Waals surface area contributed by atoms with Gasteiger partial charge in [0.2, 0.25) is 0 Å². The summed E-state index contributed by atoms with van der Waals surface area (Å²) in [4.78, 5) is 45.4. The summed E-state index contributed by atoms with van der Waals surface area (Å²) in [7, 11) is 0. The van der Waals surface area contributed by atoms with E-state index in [0.29, 0.717) is 16.1 Å². The molecule has 0 aromatic heterocycles. The third-order valence-corrected chi connectivity index (χ3v) is 8.77. The maximum atomic E-state index is 14.5. The Labute approximate surface area is 229 Å². The summed E-state index contributed by atoms with van der Waals surface area (Å²) in [6.45, 7) is 5.68. The van der Waals surface area contributed by atoms with Crippen LogP contribution in [0.2, 0.25) is 5.02 Å². The first-order valence-corrected chi connectivity index (χ1v) is 13.5. The van der Waals surface area contributed by atoms with Crippen molar-refractivity contribution < 1.29 is 14.4 Å². The number of Topliss-reactive ketones (excluding diaryl/α,β-unsaturated/α-hetero) is 3. The Hall–Kier alpha value is -3.02. The molecule has 0 bridgehead atoms. The molecule has 1 aliphatic carbocycles. The summed E-state index contributed by atoms with van der Waals surface area (Å²) in [6.07, 6.45) is 3.85. The molecule has 3 aliphatic rings. The Bertz CT molecular complexity index is 1480. The van der Waals surface area contributed by atoms with Gasteiger partial charge in [0.05, 0.1) is 12.1 Å². The molecule has 186 valence electrons. The van der Waals surface area contributed by atoms with Crippen LogP contribution in [-0.2, 0) is 4.79 Å². The van der Waals surface area contributed by atoms with E-state index in [4.69, 9.17) is 11.6 Å². The van der Waals surface area contributed by atoms with Crippen LogP contribution in [0.15, 0.2) is 77.3 Å². The minimum absolute atomic E-state index is 0.0185. The van der Waals surface area contributed by atoms with Crippen molar-refractivity contribution >= 4 is 56.6 Å². The van der Waals surface area contributed by atoms with Crippen LogP contribution in [-0.4, -0.2) is 29.4 Å². The van der Waals surface area contributed by atoms with E-state index in [9.17, 15) is 14.4 Å². The highest BCUT2D eigenvalue weighted by molar-refractivity contribution is 9.10. The van der Waals surface area contributed by atoms with E-state index in [1.165, 1.54) is 0 Å². The van der Waals surface area contributed by atoms with Gasteiger partial charge in [-0.05, 0) is 41.5 Å². The quantitative estimate of drug-likeness (QED) is 0.305. The maximum absolute atomic E-state index is 14.5. The zero-order valence-corrected chi connectivity index (χ0v) is 23.0. The fourth-order valence-electron chi connectivity index (χ4n) is 6.43. The van der Waals surface area contributed by atoms with Gasteiger partial charge in [-0.2, -0.15) is 0 Å². The Morgan fingerprint density at radius 3 is 2.16 bits per heavy atom. The first-order valence-electron chi connectivity index (χ1n) is 12.3. The van der Waals surface area contributed by atoms with E-state index >= 15 is 0 Å². The smallest absolute Gasteiger partial charge is 0.180 e. The van der Waals surface area contributed by atoms with Crippen molar-refractivity contribution in [1.29, 1.82) is 0 Å². The summed E-state index contributed by atoms with van der Waals surface area (Å²) in [5, 5.41) is 0.583. The predicted octanol–water partition coefficient (Wildman–Crippen LogP) is 7.15. The fourth-order valence-corrected chi connectivity index (χ4v) is 6.88. The number of halogens is 2. The monoisotopic (exact) mass is 573 g/mol. The average molecular weight is 575 g/mol. The van der Waals surface area contributed by atoms with Gasteiger partial charge in [-0.1, -0.05) is 96.9 Å². The molecule has 0 amide bonds. The second kappa shape index (κ2) is 8.24. The van der Waals surface area contributed by atoms with Crippen LogP contribution in [0.4, 0.5) is 5.69 Å². The van der Waals surface area contributed by atoms with Crippen LogP contribution in [0.3, 0.4) is 0 Å². The normalized spacial score (nSPS) is 23.3. The molecule has 0 radical (unpaired) electrons. The zero-order valence-electron chi connectivity index (χ0n) is 20.7. The molecule has 2 heterocycles. The molecule has 6 rings (SSSR count). The van der Waals surface area contributed by atoms with Gasteiger partial charge in [-0.3, -0.25) is 14.4 Å². The van der Waals surface area contributed by atoms with Gasteiger partial charge in [-0.15, -0.1) is 0 Å². The molecule has 1 saturated heterocycles. The largest absolute Gasteiger partial charge is 0.352 e. The van der Waals surface area contributed by atoms with E-state index < -0.39 is 28.8 Å². The Balaban J connectivity index is 1.70. The highest BCUT2D eigenvalue weighted by Crippen LogP contribution is 2.61. The first kappa shape index (κ1) is 24.3. The number of anilines is 1. The highest BCUT2D eigenvalue weighted by atomic mass is 79.9. The van der Waals surface area contributed by atoms with Crippen molar-refractivity contribution in [2.45, 2.75) is 38.8 Å². The van der Waals surface area contributed by atoms with Crippen LogP contribution < -0.4 is 4.90 Å². The number of hydrogen-bond donors (Lipinski definition) is 0. The van der Waals surface area contributed by atoms with Crippen LogP contribution >= 0.6 is 27.5 Å². The van der Waals surface area contributed by atoms with Gasteiger partial charge in [0.25, 0.3) is 0 Å². The van der Waals surface area contributed by atoms with Crippen molar-refractivity contribution in [2.24, 2.45) is 10.8 Å². The van der Waals surface area contributed by atoms with Gasteiger partial charge in [0.15, 0.2) is 17.3 Å². The number of hydrogen-bond acceptors (Lipinski definition) is 4. The van der Waals surface area contributed by atoms with E-state index in [2.05, 4.69) is 15.9 Å². The molecule has 1 spiro atoms. The Morgan fingerprint density at radius 2 is 1.57 bits per heavy atom. The molecule has 1 fully saturated rings. The van der Waals surface area contributed by atoms with Gasteiger partial charge in [0, 0.05) is 37.6 Å². The van der Waals surface area contributed by atoms with Crippen LogP contribution in [0, 0.1) is 10.8 Å². The van der Waals surface area contributed by atoms with Gasteiger partial charge >= 0.3 is 0 Å². The minimum atomic E-state index is -1.48. The number of ketones is 3. The highest BCUT2D eigenvalue weighted by Gasteiger charge is 2.71. The molecule has 3 aromatic rings. The van der Waals surface area contributed by atoms with Crippen molar-refractivity contribution in [3.8, 4) is 0 Å². The lowest BCUT2D eigenvalue weighted by Gasteiger charge is -2.38. The number of nitrogens with zero attached hydrogens (tertiary/aromatic N) is 1. The van der Waals surface area contributed by atoms with Crippen molar-refractivity contribution in [2.75, 3.05) is 4.90 Å². The number of benzene rings is 3. The summed E-state index contributed by atoms with van der Waals surface area (Å²) >= 11 is 9.83. The van der Waals surface area contributed by atoms with E-state index in [-0.39, 0.29) is 17.3 Å². The van der Waals surface area contributed by atoms with E-state index in [0.717, 1.165) is 21.3 Å². The summed E-state index contributed by atoms with van der Waals surface area (Å²) in [5.74, 6) is -1.14. The summed E-state index contributed by atoms with van der Waals surface area (Å²) in [5.41, 5.74) is 1.12. The molecular weight excluding hydrogens is 550 g/mol. The maximum Gasteiger partial charge on any atom is 0.180 e. The topological polar surface area (TPSA) is 54.5 Å². The molecule has 3 aromatic carbocycles. The molecule has 2 aliphatic heterocycles. The van der Waals surface area contributed by atoms with E-state index in [1.807, 2.05) is 74.2 Å². The Morgan fingerprint density at radius 1 is 0.946 bits per heavy atom. The third kappa shape index (κ3) is 3.30. The van der Waals surface area contributed by atoms with Crippen LogP contribution in [0.25, 0.3) is 6.08 Å². The van der Waals surface area contributed by atoms with E-state index in [1.54, 1.807) is 30.3 Å². The molecule has 0 N–H and O–H groups in total. The second-order valence-electron chi connectivity index (χ2n) is 11.1. The molecule has 3 atom stereocenters. The number of carbonyl (C=O) groups excluding carboxylic acids is 3. The zero-order chi connectivity index (χ0) is 26.3. The average Bonchev–Trinajstić information content (AvgIpc) is 3.29. The fraction of sp³-hybridized carbons (Fsp3) is 0.258. The van der Waals surface area contributed by atoms with Crippen LogP contribution in [0.1, 0.15) is 58.5 Å². The predicted molar refractivity (Wildman–Crippen MR) is 149 cm³/mol. The summed E-state index contributed by atoms with van der Waals surface area (Å²) < 4.78 is 0.881. The van der Waals surface area contributed by atoms with Gasteiger partial charge in [0.1, 0.15) is 5.41 Å². The molecule has 0 saturated carbocycles. The van der Waals surface area contributed by atoms with Crippen molar-refractivity contribution in [3.05, 3.63) is 105 Å². The first-order chi connectivity index (χ1) is 17.6. The number of rotatable bonds is 2. The van der Waals surface area contributed by atoms with Gasteiger partial charge < -0.3 is 4.90 Å². The molecule has 6 heteroatoms. The van der Waals surface area contributed by atoms with Crippen molar-refractivity contribution in [3.63, 3.8) is 0 Å².